The summed E-state index contributed by atoms with van der Waals surface area (Å²) in [7, 11) is 4.42. The molecule has 0 aliphatic heterocycles. The molecule has 0 atom stereocenters. The molecular weight excluding hydrogens is 398 g/mol. The van der Waals surface area contributed by atoms with E-state index >= 15 is 0 Å². The molecule has 0 spiro atoms. The molecule has 1 aliphatic rings. The van der Waals surface area contributed by atoms with Gasteiger partial charge in [0.1, 0.15) is 11.3 Å². The number of anilines is 1. The predicted octanol–water partition coefficient (Wildman–Crippen LogP) is 4.24. The van der Waals surface area contributed by atoms with Crippen molar-refractivity contribution in [1.82, 2.24) is 0 Å². The Labute approximate surface area is 182 Å². The van der Waals surface area contributed by atoms with Gasteiger partial charge >= 0.3 is 5.97 Å². The van der Waals surface area contributed by atoms with Gasteiger partial charge in [0, 0.05) is 23.9 Å². The normalized spacial score (nSPS) is 13.9. The summed E-state index contributed by atoms with van der Waals surface area (Å²) in [6, 6.07) is 12.7. The first-order chi connectivity index (χ1) is 15.1. The van der Waals surface area contributed by atoms with Crippen LogP contribution >= 0.6 is 0 Å². The van der Waals surface area contributed by atoms with E-state index in [9.17, 15) is 9.59 Å². The maximum absolute atomic E-state index is 13.1. The Bertz CT molecular complexity index is 892. The molecule has 1 saturated carbocycles. The van der Waals surface area contributed by atoms with E-state index in [0.29, 0.717) is 11.5 Å². The Balaban J connectivity index is 1.77. The summed E-state index contributed by atoms with van der Waals surface area (Å²) in [5, 5.41) is 0. The number of carbonyl (C=O) groups is 2. The Morgan fingerprint density at radius 3 is 2.10 bits per heavy atom. The summed E-state index contributed by atoms with van der Waals surface area (Å²) in [4.78, 5) is 27.7. The van der Waals surface area contributed by atoms with Gasteiger partial charge in [0.2, 0.25) is 0 Å². The lowest BCUT2D eigenvalue weighted by molar-refractivity contribution is -0.122. The van der Waals surface area contributed by atoms with Crippen LogP contribution in [0.4, 0.5) is 5.69 Å². The highest BCUT2D eigenvalue weighted by Gasteiger charge is 2.28. The minimum absolute atomic E-state index is 0.109. The van der Waals surface area contributed by atoms with Crippen molar-refractivity contribution < 1.29 is 28.5 Å². The zero-order chi connectivity index (χ0) is 22.2. The van der Waals surface area contributed by atoms with E-state index in [-0.39, 0.29) is 29.9 Å². The zero-order valence-electron chi connectivity index (χ0n) is 18.3. The molecule has 0 radical (unpaired) electrons. The number of amides is 1. The van der Waals surface area contributed by atoms with Crippen molar-refractivity contribution in [1.29, 1.82) is 0 Å². The lowest BCUT2D eigenvalue weighted by Crippen LogP contribution is -2.43. The van der Waals surface area contributed by atoms with Gasteiger partial charge in [0.25, 0.3) is 5.91 Å². The van der Waals surface area contributed by atoms with Crippen LogP contribution in [0.15, 0.2) is 42.5 Å². The fraction of sp³-hybridized carbons (Fsp3) is 0.417. The van der Waals surface area contributed by atoms with Gasteiger partial charge in [-0.1, -0.05) is 37.5 Å². The van der Waals surface area contributed by atoms with Crippen LogP contribution in [0.3, 0.4) is 0 Å². The number of hydrogen-bond acceptors (Lipinski definition) is 6. The van der Waals surface area contributed by atoms with Crippen molar-refractivity contribution >= 4 is 17.6 Å². The lowest BCUT2D eigenvalue weighted by atomic mass is 9.93. The summed E-state index contributed by atoms with van der Waals surface area (Å²) < 4.78 is 21.2. The van der Waals surface area contributed by atoms with Gasteiger partial charge < -0.3 is 23.8 Å². The van der Waals surface area contributed by atoms with E-state index in [0.717, 1.165) is 31.4 Å². The fourth-order valence-electron chi connectivity index (χ4n) is 3.95. The van der Waals surface area contributed by atoms with Gasteiger partial charge in [0.15, 0.2) is 18.1 Å². The number of carbonyl (C=O) groups excluding carboxylic acids is 2. The molecule has 1 amide bonds. The number of benzene rings is 2. The molecule has 2 aromatic carbocycles. The SMILES string of the molecule is COc1cc(OC)c(C(=O)OCC(=O)N(c2ccccc2)C2CCCCC2)cc1OC. The van der Waals surface area contributed by atoms with Crippen LogP contribution in [0, 0.1) is 0 Å². The van der Waals surface area contributed by atoms with Gasteiger partial charge in [-0.25, -0.2) is 4.79 Å². The quantitative estimate of drug-likeness (QED) is 0.587. The number of rotatable bonds is 8. The van der Waals surface area contributed by atoms with Crippen LogP contribution in [0.5, 0.6) is 17.2 Å². The van der Waals surface area contributed by atoms with Crippen LogP contribution in [0.1, 0.15) is 42.5 Å². The Hall–Kier alpha value is -3.22. The van der Waals surface area contributed by atoms with Crippen molar-refractivity contribution in [2.24, 2.45) is 0 Å². The Kier molecular flexibility index (Phi) is 7.76. The van der Waals surface area contributed by atoms with Gasteiger partial charge in [-0.05, 0) is 25.0 Å². The van der Waals surface area contributed by atoms with E-state index in [1.165, 1.54) is 33.8 Å². The number of nitrogens with zero attached hydrogens (tertiary/aromatic N) is 1. The average Bonchev–Trinajstić information content (AvgIpc) is 2.83. The second-order valence-electron chi connectivity index (χ2n) is 7.37. The van der Waals surface area contributed by atoms with Crippen LogP contribution in [0.2, 0.25) is 0 Å². The first-order valence-corrected chi connectivity index (χ1v) is 10.4. The van der Waals surface area contributed by atoms with Gasteiger partial charge in [-0.2, -0.15) is 0 Å². The summed E-state index contributed by atoms with van der Waals surface area (Å²) in [5.41, 5.74) is 0.982. The van der Waals surface area contributed by atoms with Crippen molar-refractivity contribution in [2.75, 3.05) is 32.8 Å². The highest BCUT2D eigenvalue weighted by atomic mass is 16.5. The molecule has 0 bridgehead atoms. The van der Waals surface area contributed by atoms with Crippen molar-refractivity contribution in [2.45, 2.75) is 38.1 Å². The van der Waals surface area contributed by atoms with E-state index in [2.05, 4.69) is 0 Å². The summed E-state index contributed by atoms with van der Waals surface area (Å²) in [5.74, 6) is 0.171. The van der Waals surface area contributed by atoms with E-state index in [1.807, 2.05) is 30.3 Å². The lowest BCUT2D eigenvalue weighted by Gasteiger charge is -2.34. The topological polar surface area (TPSA) is 74.3 Å². The fourth-order valence-corrected chi connectivity index (χ4v) is 3.95. The minimum atomic E-state index is -0.664. The highest BCUT2D eigenvalue weighted by molar-refractivity contribution is 5.98. The third-order valence-electron chi connectivity index (χ3n) is 5.50. The van der Waals surface area contributed by atoms with Crippen molar-refractivity contribution in [3.05, 3.63) is 48.0 Å². The smallest absolute Gasteiger partial charge is 0.342 e. The second kappa shape index (κ2) is 10.7. The Morgan fingerprint density at radius 2 is 1.48 bits per heavy atom. The molecule has 0 N–H and O–H groups in total. The van der Waals surface area contributed by atoms with Crippen molar-refractivity contribution in [3.63, 3.8) is 0 Å². The summed E-state index contributed by atoms with van der Waals surface area (Å²) in [6.45, 7) is -0.359. The predicted molar refractivity (Wildman–Crippen MR) is 117 cm³/mol. The Morgan fingerprint density at radius 1 is 0.871 bits per heavy atom. The number of methoxy groups -OCH3 is 3. The molecular formula is C24H29NO6. The van der Waals surface area contributed by atoms with Crippen LogP contribution in [-0.4, -0.2) is 45.9 Å². The van der Waals surface area contributed by atoms with E-state index in [1.54, 1.807) is 11.0 Å². The summed E-state index contributed by atoms with van der Waals surface area (Å²) >= 11 is 0. The van der Waals surface area contributed by atoms with Gasteiger partial charge in [0.05, 0.1) is 21.3 Å². The standard InChI is InChI=1S/C24H29NO6/c1-28-20-15-22(30-3)21(29-2)14-19(20)24(27)31-16-23(26)25(17-10-6-4-7-11-17)18-12-8-5-9-13-18/h4,6-7,10-11,14-15,18H,5,8-9,12-13,16H2,1-3H3. The molecule has 1 fully saturated rings. The first kappa shape index (κ1) is 22.5. The average molecular weight is 427 g/mol. The number of para-hydroxylation sites is 1. The maximum Gasteiger partial charge on any atom is 0.342 e. The molecule has 0 saturated heterocycles. The van der Waals surface area contributed by atoms with Crippen molar-refractivity contribution in [3.8, 4) is 17.2 Å². The largest absolute Gasteiger partial charge is 0.496 e. The number of esters is 1. The van der Waals surface area contributed by atoms with E-state index in [4.69, 9.17) is 18.9 Å². The third kappa shape index (κ3) is 5.29. The summed E-state index contributed by atoms with van der Waals surface area (Å²) in [6.07, 6.45) is 5.24. The van der Waals surface area contributed by atoms with Crippen LogP contribution < -0.4 is 19.1 Å². The van der Waals surface area contributed by atoms with Crippen LogP contribution in [-0.2, 0) is 9.53 Å². The van der Waals surface area contributed by atoms with Gasteiger partial charge in [-0.15, -0.1) is 0 Å². The maximum atomic E-state index is 13.1. The molecule has 7 heteroatoms. The molecule has 0 aromatic heterocycles. The number of ether oxygens (including phenoxy) is 4. The molecule has 1 aliphatic carbocycles. The molecule has 3 rings (SSSR count). The van der Waals surface area contributed by atoms with E-state index < -0.39 is 5.97 Å². The molecule has 166 valence electrons. The molecule has 2 aromatic rings. The monoisotopic (exact) mass is 427 g/mol. The molecule has 0 heterocycles. The third-order valence-corrected chi connectivity index (χ3v) is 5.50. The molecule has 31 heavy (non-hydrogen) atoms. The zero-order valence-corrected chi connectivity index (χ0v) is 18.3. The second-order valence-corrected chi connectivity index (χ2v) is 7.37. The minimum Gasteiger partial charge on any atom is -0.496 e. The van der Waals surface area contributed by atoms with Crippen LogP contribution in [0.25, 0.3) is 0 Å². The molecule has 0 unspecified atom stereocenters. The number of hydrogen-bond donors (Lipinski definition) is 0. The first-order valence-electron chi connectivity index (χ1n) is 10.4. The highest BCUT2D eigenvalue weighted by Crippen LogP contribution is 2.35. The molecule has 7 nitrogen and oxygen atoms in total. The van der Waals surface area contributed by atoms with Gasteiger partial charge in [-0.3, -0.25) is 4.79 Å².